The summed E-state index contributed by atoms with van der Waals surface area (Å²) >= 11 is 0. The number of fused-ring (bicyclic) bond motifs is 2. The number of anilines is 1. The predicted molar refractivity (Wildman–Crippen MR) is 143 cm³/mol. The molecule has 1 aliphatic rings. The number of hydrogen-bond donors (Lipinski definition) is 1. The number of benzene rings is 3. The Balaban J connectivity index is 1.37. The number of amides is 1. The summed E-state index contributed by atoms with van der Waals surface area (Å²) in [7, 11) is 0. The molecular weight excluding hydrogens is 430 g/mol. The van der Waals surface area contributed by atoms with Gasteiger partial charge in [-0.15, -0.1) is 0 Å². The number of rotatable bonds is 4. The summed E-state index contributed by atoms with van der Waals surface area (Å²) in [6, 6.07) is 28.2. The minimum absolute atomic E-state index is 0.153. The quantitative estimate of drug-likeness (QED) is 0.300. The van der Waals surface area contributed by atoms with Crippen LogP contribution in [0, 0.1) is 0 Å². The summed E-state index contributed by atoms with van der Waals surface area (Å²) in [4.78, 5) is 22.9. The zero-order chi connectivity index (χ0) is 23.6. The van der Waals surface area contributed by atoms with Crippen LogP contribution in [0.25, 0.3) is 33.1 Å². The van der Waals surface area contributed by atoms with Crippen LogP contribution in [0.5, 0.6) is 0 Å². The Hall–Kier alpha value is -4.05. The average Bonchev–Trinajstić information content (AvgIpc) is 2.93. The first-order valence-electron chi connectivity index (χ1n) is 12.4. The molecular formula is C31H27N3O. The molecule has 1 aliphatic carbocycles. The summed E-state index contributed by atoms with van der Waals surface area (Å²) < 4.78 is 0. The lowest BCUT2D eigenvalue weighted by molar-refractivity contribution is 0.102. The third-order valence-corrected chi connectivity index (χ3v) is 7.14. The van der Waals surface area contributed by atoms with Crippen LogP contribution >= 0.6 is 0 Å². The lowest BCUT2D eigenvalue weighted by atomic mass is 9.84. The minimum atomic E-state index is -0.153. The second-order valence-electron chi connectivity index (χ2n) is 9.36. The molecule has 1 fully saturated rings. The molecule has 4 nitrogen and oxygen atoms in total. The second kappa shape index (κ2) is 9.30. The van der Waals surface area contributed by atoms with E-state index in [4.69, 9.17) is 4.98 Å². The van der Waals surface area contributed by atoms with E-state index >= 15 is 0 Å². The second-order valence-corrected chi connectivity index (χ2v) is 9.36. The molecule has 6 rings (SSSR count). The third kappa shape index (κ3) is 4.28. The highest BCUT2D eigenvalue weighted by Gasteiger charge is 2.17. The van der Waals surface area contributed by atoms with Crippen LogP contribution in [0.1, 0.15) is 53.9 Å². The number of pyridine rings is 2. The smallest absolute Gasteiger partial charge is 0.256 e. The molecule has 0 aliphatic heterocycles. The van der Waals surface area contributed by atoms with Gasteiger partial charge in [-0.3, -0.25) is 9.78 Å². The highest BCUT2D eigenvalue weighted by molar-refractivity contribution is 6.15. The van der Waals surface area contributed by atoms with E-state index in [1.807, 2.05) is 60.7 Å². The van der Waals surface area contributed by atoms with E-state index in [0.717, 1.165) is 38.8 Å². The van der Waals surface area contributed by atoms with Crippen molar-refractivity contribution in [1.82, 2.24) is 9.97 Å². The van der Waals surface area contributed by atoms with E-state index in [1.165, 1.54) is 37.7 Å². The van der Waals surface area contributed by atoms with E-state index in [0.29, 0.717) is 11.5 Å². The maximum absolute atomic E-state index is 13.6. The standard InChI is InChI=1S/C31H27N3O/c35-31(34-29-14-6-13-27-25(29)11-7-19-32-27)26-20-30(33-28-12-5-4-10-24(26)28)23-17-15-22(16-18-23)21-8-2-1-3-9-21/h4-7,10-21H,1-3,8-9H2,(H,34,35). The Kier molecular flexibility index (Phi) is 5.71. The fourth-order valence-electron chi connectivity index (χ4n) is 5.28. The Morgan fingerprint density at radius 1 is 0.771 bits per heavy atom. The van der Waals surface area contributed by atoms with Crippen LogP contribution < -0.4 is 5.32 Å². The molecule has 0 bridgehead atoms. The summed E-state index contributed by atoms with van der Waals surface area (Å²) in [6.45, 7) is 0. The van der Waals surface area contributed by atoms with Gasteiger partial charge in [0.25, 0.3) is 5.91 Å². The topological polar surface area (TPSA) is 54.9 Å². The molecule has 172 valence electrons. The SMILES string of the molecule is O=C(Nc1cccc2ncccc12)c1cc(-c2ccc(C3CCCCC3)cc2)nc2ccccc12. The van der Waals surface area contributed by atoms with Gasteiger partial charge in [0.15, 0.2) is 0 Å². The van der Waals surface area contributed by atoms with Crippen molar-refractivity contribution in [2.24, 2.45) is 0 Å². The van der Waals surface area contributed by atoms with Crippen molar-refractivity contribution in [3.05, 3.63) is 102 Å². The van der Waals surface area contributed by atoms with Crippen molar-refractivity contribution in [2.45, 2.75) is 38.0 Å². The summed E-state index contributed by atoms with van der Waals surface area (Å²) in [5, 5.41) is 4.87. The molecule has 35 heavy (non-hydrogen) atoms. The van der Waals surface area contributed by atoms with Gasteiger partial charge < -0.3 is 5.32 Å². The van der Waals surface area contributed by atoms with Crippen LogP contribution in [-0.4, -0.2) is 15.9 Å². The summed E-state index contributed by atoms with van der Waals surface area (Å²) in [5.41, 5.74) is 6.27. The zero-order valence-electron chi connectivity index (χ0n) is 19.6. The van der Waals surface area contributed by atoms with Crippen molar-refractivity contribution >= 4 is 33.4 Å². The molecule has 0 radical (unpaired) electrons. The van der Waals surface area contributed by atoms with Crippen molar-refractivity contribution < 1.29 is 4.79 Å². The third-order valence-electron chi connectivity index (χ3n) is 7.14. The molecule has 1 amide bonds. The molecule has 1 saturated carbocycles. The van der Waals surface area contributed by atoms with Crippen molar-refractivity contribution in [3.8, 4) is 11.3 Å². The highest BCUT2D eigenvalue weighted by Crippen LogP contribution is 2.34. The predicted octanol–water partition coefficient (Wildman–Crippen LogP) is 7.75. The van der Waals surface area contributed by atoms with Crippen molar-refractivity contribution in [2.75, 3.05) is 5.32 Å². The number of para-hydroxylation sites is 1. The van der Waals surface area contributed by atoms with E-state index < -0.39 is 0 Å². The fourth-order valence-corrected chi connectivity index (χ4v) is 5.28. The Morgan fingerprint density at radius 3 is 2.40 bits per heavy atom. The molecule has 0 unspecified atom stereocenters. The first kappa shape index (κ1) is 21.5. The average molecular weight is 458 g/mol. The molecule has 2 heterocycles. The first-order chi connectivity index (χ1) is 17.3. The molecule has 0 saturated heterocycles. The number of hydrogen-bond acceptors (Lipinski definition) is 3. The van der Waals surface area contributed by atoms with E-state index in [-0.39, 0.29) is 5.91 Å². The van der Waals surface area contributed by atoms with Crippen LogP contribution in [0.4, 0.5) is 5.69 Å². The van der Waals surface area contributed by atoms with Crippen LogP contribution in [-0.2, 0) is 0 Å². The van der Waals surface area contributed by atoms with Gasteiger partial charge in [-0.1, -0.05) is 67.8 Å². The van der Waals surface area contributed by atoms with Crippen molar-refractivity contribution in [1.29, 1.82) is 0 Å². The molecule has 4 heteroatoms. The molecule has 0 atom stereocenters. The lowest BCUT2D eigenvalue weighted by Crippen LogP contribution is -2.13. The zero-order valence-corrected chi connectivity index (χ0v) is 19.6. The maximum atomic E-state index is 13.6. The molecule has 3 aromatic carbocycles. The van der Waals surface area contributed by atoms with Crippen molar-refractivity contribution in [3.63, 3.8) is 0 Å². The van der Waals surface area contributed by atoms with Crippen LogP contribution in [0.15, 0.2) is 91.1 Å². The molecule has 1 N–H and O–H groups in total. The Bertz CT molecular complexity index is 1510. The monoisotopic (exact) mass is 457 g/mol. The fraction of sp³-hybridized carbons (Fsp3) is 0.194. The van der Waals surface area contributed by atoms with Gasteiger partial charge in [0, 0.05) is 22.5 Å². The maximum Gasteiger partial charge on any atom is 0.256 e. The first-order valence-corrected chi connectivity index (χ1v) is 12.4. The Labute approximate surface area is 205 Å². The van der Waals surface area contributed by atoms with E-state index in [1.54, 1.807) is 6.20 Å². The number of nitrogens with one attached hydrogen (secondary N) is 1. The normalized spacial score (nSPS) is 14.3. The van der Waals surface area contributed by atoms with E-state index in [9.17, 15) is 4.79 Å². The van der Waals surface area contributed by atoms with Gasteiger partial charge in [0.2, 0.25) is 0 Å². The van der Waals surface area contributed by atoms with Gasteiger partial charge in [-0.2, -0.15) is 0 Å². The number of carbonyl (C=O) groups is 1. The number of nitrogens with zero attached hydrogens (tertiary/aromatic N) is 2. The molecule has 2 aromatic heterocycles. The largest absolute Gasteiger partial charge is 0.321 e. The van der Waals surface area contributed by atoms with Gasteiger partial charge in [0.1, 0.15) is 0 Å². The summed E-state index contributed by atoms with van der Waals surface area (Å²) in [5.74, 6) is 0.513. The van der Waals surface area contributed by atoms with Gasteiger partial charge in [0.05, 0.1) is 28.0 Å². The van der Waals surface area contributed by atoms with Gasteiger partial charge in [-0.25, -0.2) is 4.98 Å². The highest BCUT2D eigenvalue weighted by atomic mass is 16.1. The Morgan fingerprint density at radius 2 is 1.54 bits per heavy atom. The molecule has 5 aromatic rings. The number of carbonyl (C=O) groups excluding carboxylic acids is 1. The van der Waals surface area contributed by atoms with Gasteiger partial charge in [-0.05, 0) is 60.7 Å². The van der Waals surface area contributed by atoms with Crippen LogP contribution in [0.2, 0.25) is 0 Å². The number of aromatic nitrogens is 2. The van der Waals surface area contributed by atoms with Gasteiger partial charge >= 0.3 is 0 Å². The summed E-state index contributed by atoms with van der Waals surface area (Å²) in [6.07, 6.45) is 8.32. The lowest BCUT2D eigenvalue weighted by Gasteiger charge is -2.22. The van der Waals surface area contributed by atoms with E-state index in [2.05, 4.69) is 34.6 Å². The van der Waals surface area contributed by atoms with Crippen LogP contribution in [0.3, 0.4) is 0 Å². The molecule has 0 spiro atoms. The minimum Gasteiger partial charge on any atom is -0.321 e.